The van der Waals surface area contributed by atoms with Crippen molar-refractivity contribution in [3.63, 3.8) is 0 Å². The molecule has 0 bridgehead atoms. The second-order valence-corrected chi connectivity index (χ2v) is 5.13. The number of aryl methyl sites for hydroxylation is 1. The quantitative estimate of drug-likeness (QED) is 0.761. The number of anilines is 2. The lowest BCUT2D eigenvalue weighted by atomic mass is 9.95. The average Bonchev–Trinajstić information content (AvgIpc) is 2.22. The van der Waals surface area contributed by atoms with Gasteiger partial charge in [0.25, 0.3) is 0 Å². The summed E-state index contributed by atoms with van der Waals surface area (Å²) in [6.07, 6.45) is 1.80. The van der Waals surface area contributed by atoms with E-state index in [2.05, 4.69) is 14.9 Å². The number of aliphatic hydroxyl groups is 1. The summed E-state index contributed by atoms with van der Waals surface area (Å²) in [5, 5.41) is 10.1. The highest BCUT2D eigenvalue weighted by molar-refractivity contribution is 5.56. The smallest absolute Gasteiger partial charge is 0.137 e. The minimum atomic E-state index is -0.641. The van der Waals surface area contributed by atoms with Gasteiger partial charge in [-0.2, -0.15) is 0 Å². The summed E-state index contributed by atoms with van der Waals surface area (Å²) in [6, 6.07) is 0. The highest BCUT2D eigenvalue weighted by atomic mass is 16.3. The van der Waals surface area contributed by atoms with Crippen LogP contribution in [0.5, 0.6) is 0 Å². The molecule has 0 amide bonds. The predicted molar refractivity (Wildman–Crippen MR) is 68.0 cm³/mol. The van der Waals surface area contributed by atoms with Crippen LogP contribution in [0.4, 0.5) is 11.6 Å². The number of nitrogen functional groups attached to an aromatic ring is 1. The van der Waals surface area contributed by atoms with Gasteiger partial charge in [0.05, 0.1) is 5.60 Å². The van der Waals surface area contributed by atoms with E-state index in [1.165, 1.54) is 0 Å². The molecule has 0 saturated carbocycles. The minimum Gasteiger partial charge on any atom is -0.388 e. The first-order valence-electron chi connectivity index (χ1n) is 5.97. The van der Waals surface area contributed by atoms with Crippen molar-refractivity contribution >= 4 is 11.6 Å². The van der Waals surface area contributed by atoms with Gasteiger partial charge in [0.15, 0.2) is 0 Å². The topological polar surface area (TPSA) is 75.3 Å². The van der Waals surface area contributed by atoms with Crippen molar-refractivity contribution in [2.45, 2.75) is 39.2 Å². The fourth-order valence-electron chi connectivity index (χ4n) is 2.34. The molecule has 94 valence electrons. The van der Waals surface area contributed by atoms with Gasteiger partial charge < -0.3 is 15.7 Å². The number of piperidine rings is 1. The van der Waals surface area contributed by atoms with Crippen molar-refractivity contribution in [1.29, 1.82) is 0 Å². The molecule has 1 aliphatic rings. The fraction of sp³-hybridized carbons (Fsp3) is 0.667. The lowest BCUT2D eigenvalue weighted by Crippen LogP contribution is -2.46. The third kappa shape index (κ3) is 2.49. The highest BCUT2D eigenvalue weighted by Gasteiger charge is 2.30. The molecule has 2 rings (SSSR count). The van der Waals surface area contributed by atoms with Gasteiger partial charge in [0.1, 0.15) is 17.5 Å². The Kier molecular flexibility index (Phi) is 2.95. The van der Waals surface area contributed by atoms with Crippen molar-refractivity contribution in [2.75, 3.05) is 23.7 Å². The van der Waals surface area contributed by atoms with Crippen molar-refractivity contribution in [3.8, 4) is 0 Å². The third-order valence-corrected chi connectivity index (χ3v) is 3.24. The monoisotopic (exact) mass is 236 g/mol. The Balaban J connectivity index is 2.34. The van der Waals surface area contributed by atoms with E-state index in [0.29, 0.717) is 18.2 Å². The maximum absolute atomic E-state index is 10.1. The molecule has 0 radical (unpaired) electrons. The third-order valence-electron chi connectivity index (χ3n) is 3.24. The Morgan fingerprint density at radius 3 is 2.71 bits per heavy atom. The van der Waals surface area contributed by atoms with Crippen LogP contribution in [0.1, 0.15) is 31.2 Å². The summed E-state index contributed by atoms with van der Waals surface area (Å²) in [6.45, 7) is 7.14. The molecule has 17 heavy (non-hydrogen) atoms. The maximum Gasteiger partial charge on any atom is 0.137 e. The van der Waals surface area contributed by atoms with Crippen LogP contribution in [0, 0.1) is 13.8 Å². The van der Waals surface area contributed by atoms with Crippen LogP contribution < -0.4 is 10.6 Å². The van der Waals surface area contributed by atoms with E-state index in [1.807, 2.05) is 20.8 Å². The largest absolute Gasteiger partial charge is 0.388 e. The van der Waals surface area contributed by atoms with Gasteiger partial charge >= 0.3 is 0 Å². The molecule has 1 aromatic rings. The molecule has 1 aromatic heterocycles. The summed E-state index contributed by atoms with van der Waals surface area (Å²) in [4.78, 5) is 10.7. The molecule has 1 atom stereocenters. The first kappa shape index (κ1) is 12.1. The number of hydrogen-bond donors (Lipinski definition) is 2. The van der Waals surface area contributed by atoms with Crippen molar-refractivity contribution in [2.24, 2.45) is 0 Å². The van der Waals surface area contributed by atoms with Crippen LogP contribution in [-0.4, -0.2) is 33.8 Å². The molecule has 1 fully saturated rings. The Labute approximate surface area is 102 Å². The van der Waals surface area contributed by atoms with Crippen LogP contribution >= 0.6 is 0 Å². The summed E-state index contributed by atoms with van der Waals surface area (Å²) < 4.78 is 0. The van der Waals surface area contributed by atoms with Crippen LogP contribution in [0.15, 0.2) is 0 Å². The zero-order valence-corrected chi connectivity index (χ0v) is 10.7. The summed E-state index contributed by atoms with van der Waals surface area (Å²) in [5.74, 6) is 2.06. The van der Waals surface area contributed by atoms with E-state index < -0.39 is 5.60 Å². The number of nitrogens with two attached hydrogens (primary N) is 1. The maximum atomic E-state index is 10.1. The van der Waals surface area contributed by atoms with E-state index in [1.54, 1.807) is 0 Å². The molecule has 1 saturated heterocycles. The molecule has 3 N–H and O–H groups in total. The molecular weight excluding hydrogens is 216 g/mol. The number of nitrogens with zero attached hydrogens (tertiary/aromatic N) is 3. The highest BCUT2D eigenvalue weighted by Crippen LogP contribution is 2.28. The van der Waals surface area contributed by atoms with Gasteiger partial charge in [-0.3, -0.25) is 0 Å². The first-order valence-corrected chi connectivity index (χ1v) is 5.97. The Morgan fingerprint density at radius 2 is 2.06 bits per heavy atom. The van der Waals surface area contributed by atoms with Gasteiger partial charge in [-0.25, -0.2) is 9.97 Å². The van der Waals surface area contributed by atoms with Crippen molar-refractivity contribution in [3.05, 3.63) is 11.4 Å². The zero-order chi connectivity index (χ0) is 12.6. The van der Waals surface area contributed by atoms with Crippen LogP contribution in [-0.2, 0) is 0 Å². The number of β-amino-alcohol motifs (C(OH)–C–C–N with tert-alkyl or cyclic N) is 1. The van der Waals surface area contributed by atoms with Crippen LogP contribution in [0.2, 0.25) is 0 Å². The first-order chi connectivity index (χ1) is 7.89. The van der Waals surface area contributed by atoms with E-state index in [4.69, 9.17) is 5.73 Å². The summed E-state index contributed by atoms with van der Waals surface area (Å²) in [7, 11) is 0. The Morgan fingerprint density at radius 1 is 1.35 bits per heavy atom. The Bertz CT molecular complexity index is 431. The Hall–Kier alpha value is -1.36. The van der Waals surface area contributed by atoms with Crippen LogP contribution in [0.25, 0.3) is 0 Å². The number of hydrogen-bond acceptors (Lipinski definition) is 5. The van der Waals surface area contributed by atoms with Gasteiger partial charge in [-0.15, -0.1) is 0 Å². The van der Waals surface area contributed by atoms with Crippen LogP contribution in [0.3, 0.4) is 0 Å². The predicted octanol–water partition coefficient (Wildman–Crippen LogP) is 1.03. The SMILES string of the molecule is Cc1nc(N)c(C)c(N2CCCC(C)(O)C2)n1. The van der Waals surface area contributed by atoms with E-state index in [-0.39, 0.29) is 0 Å². The lowest BCUT2D eigenvalue weighted by molar-refractivity contribution is 0.0446. The number of aromatic nitrogens is 2. The normalized spacial score (nSPS) is 25.1. The summed E-state index contributed by atoms with van der Waals surface area (Å²) >= 11 is 0. The standard InChI is InChI=1S/C12H20N4O/c1-8-10(13)14-9(2)15-11(8)16-6-4-5-12(3,17)7-16/h17H,4-7H2,1-3H3,(H2,13,14,15). The van der Waals surface area contributed by atoms with Gasteiger partial charge in [-0.1, -0.05) is 0 Å². The van der Waals surface area contributed by atoms with E-state index in [9.17, 15) is 5.11 Å². The van der Waals surface area contributed by atoms with Gasteiger partial charge in [0, 0.05) is 18.7 Å². The lowest BCUT2D eigenvalue weighted by Gasteiger charge is -2.38. The molecule has 1 unspecified atom stereocenters. The van der Waals surface area contributed by atoms with E-state index in [0.717, 1.165) is 30.8 Å². The second kappa shape index (κ2) is 4.14. The van der Waals surface area contributed by atoms with Gasteiger partial charge in [0.2, 0.25) is 0 Å². The fourth-order valence-corrected chi connectivity index (χ4v) is 2.34. The molecule has 1 aliphatic heterocycles. The molecule has 5 nitrogen and oxygen atoms in total. The molecule has 2 heterocycles. The zero-order valence-electron chi connectivity index (χ0n) is 10.7. The van der Waals surface area contributed by atoms with E-state index >= 15 is 0 Å². The molecular formula is C12H20N4O. The molecule has 0 aliphatic carbocycles. The van der Waals surface area contributed by atoms with Crippen molar-refractivity contribution < 1.29 is 5.11 Å². The second-order valence-electron chi connectivity index (χ2n) is 5.13. The molecule has 0 spiro atoms. The molecule has 0 aromatic carbocycles. The summed E-state index contributed by atoms with van der Waals surface area (Å²) in [5.41, 5.74) is 6.11. The molecule has 5 heteroatoms. The van der Waals surface area contributed by atoms with Gasteiger partial charge in [-0.05, 0) is 33.6 Å². The van der Waals surface area contributed by atoms with Crippen molar-refractivity contribution in [1.82, 2.24) is 9.97 Å². The average molecular weight is 236 g/mol. The minimum absolute atomic E-state index is 0.526. The number of rotatable bonds is 1.